The van der Waals surface area contributed by atoms with Gasteiger partial charge in [0.1, 0.15) is 0 Å². The molecule has 0 spiro atoms. The minimum Gasteiger partial charge on any atom is -0.351 e. The van der Waals surface area contributed by atoms with Crippen molar-refractivity contribution in [3.05, 3.63) is 34.0 Å². The van der Waals surface area contributed by atoms with E-state index >= 15 is 0 Å². The molecule has 4 heteroatoms. The molecule has 0 aliphatic heterocycles. The van der Waals surface area contributed by atoms with Crippen LogP contribution < -0.4 is 11.1 Å². The average Bonchev–Trinajstić information content (AvgIpc) is 2.84. The van der Waals surface area contributed by atoms with Gasteiger partial charge in [0.15, 0.2) is 0 Å². The molecule has 0 radical (unpaired) electrons. The summed E-state index contributed by atoms with van der Waals surface area (Å²) in [5.41, 5.74) is 8.15. The number of thiophene rings is 1. The number of aryl methyl sites for hydroxylation is 1. The Balaban J connectivity index is 1.85. The average molecular weight is 236 g/mol. The topological polar surface area (TPSA) is 55.1 Å². The smallest absolute Gasteiger partial charge is 0.227 e. The molecule has 1 aromatic heterocycles. The van der Waals surface area contributed by atoms with Gasteiger partial charge >= 0.3 is 0 Å². The van der Waals surface area contributed by atoms with Crippen LogP contribution in [-0.4, -0.2) is 11.9 Å². The summed E-state index contributed by atoms with van der Waals surface area (Å²) in [7, 11) is 0. The van der Waals surface area contributed by atoms with Gasteiger partial charge in [-0.05, 0) is 35.2 Å². The van der Waals surface area contributed by atoms with Crippen molar-refractivity contribution in [1.82, 2.24) is 5.32 Å². The summed E-state index contributed by atoms with van der Waals surface area (Å²) in [6.07, 6.45) is 4.54. The van der Waals surface area contributed by atoms with Crippen molar-refractivity contribution in [2.75, 3.05) is 0 Å². The van der Waals surface area contributed by atoms with Crippen molar-refractivity contribution >= 4 is 17.2 Å². The van der Waals surface area contributed by atoms with Gasteiger partial charge < -0.3 is 11.1 Å². The second-order valence-electron chi connectivity index (χ2n) is 4.19. The van der Waals surface area contributed by atoms with E-state index in [0.717, 1.165) is 6.42 Å². The zero-order valence-corrected chi connectivity index (χ0v) is 10.1. The van der Waals surface area contributed by atoms with E-state index in [4.69, 9.17) is 5.73 Å². The van der Waals surface area contributed by atoms with Gasteiger partial charge in [-0.25, -0.2) is 0 Å². The predicted molar refractivity (Wildman–Crippen MR) is 66.1 cm³/mol. The van der Waals surface area contributed by atoms with Crippen molar-refractivity contribution in [3.63, 3.8) is 0 Å². The highest BCUT2D eigenvalue weighted by molar-refractivity contribution is 7.08. The highest BCUT2D eigenvalue weighted by Crippen LogP contribution is 2.17. The van der Waals surface area contributed by atoms with Gasteiger partial charge in [0.2, 0.25) is 5.91 Å². The SMILES string of the molecule is Cc1cscc1CNC(=O)C1C=CC(N)C1. The molecule has 0 bridgehead atoms. The summed E-state index contributed by atoms with van der Waals surface area (Å²) in [5, 5.41) is 7.11. The maximum Gasteiger partial charge on any atom is 0.227 e. The van der Waals surface area contributed by atoms with Crippen LogP contribution in [0.25, 0.3) is 0 Å². The van der Waals surface area contributed by atoms with E-state index in [1.165, 1.54) is 11.1 Å². The highest BCUT2D eigenvalue weighted by Gasteiger charge is 2.22. The monoisotopic (exact) mass is 236 g/mol. The third-order valence-electron chi connectivity index (χ3n) is 2.87. The summed E-state index contributed by atoms with van der Waals surface area (Å²) in [6.45, 7) is 2.68. The lowest BCUT2D eigenvalue weighted by Gasteiger charge is -2.10. The fourth-order valence-electron chi connectivity index (χ4n) is 1.80. The maximum atomic E-state index is 11.8. The molecule has 1 aliphatic carbocycles. The number of carbonyl (C=O) groups excluding carboxylic acids is 1. The Kier molecular flexibility index (Phi) is 3.41. The van der Waals surface area contributed by atoms with E-state index in [-0.39, 0.29) is 17.9 Å². The lowest BCUT2D eigenvalue weighted by atomic mass is 10.1. The largest absolute Gasteiger partial charge is 0.351 e. The molecule has 1 aromatic rings. The van der Waals surface area contributed by atoms with Crippen LogP contribution in [0.3, 0.4) is 0 Å². The molecule has 0 saturated carbocycles. The summed E-state index contributed by atoms with van der Waals surface area (Å²) >= 11 is 1.67. The number of hydrogen-bond donors (Lipinski definition) is 2. The van der Waals surface area contributed by atoms with Gasteiger partial charge in [-0.2, -0.15) is 11.3 Å². The first-order valence-corrected chi connectivity index (χ1v) is 6.34. The van der Waals surface area contributed by atoms with E-state index in [0.29, 0.717) is 6.54 Å². The van der Waals surface area contributed by atoms with Crippen LogP contribution in [0.5, 0.6) is 0 Å². The molecule has 3 N–H and O–H groups in total. The molecule has 3 nitrogen and oxygen atoms in total. The molecule has 0 saturated heterocycles. The van der Waals surface area contributed by atoms with Gasteiger partial charge in [-0.3, -0.25) is 4.79 Å². The molecule has 86 valence electrons. The lowest BCUT2D eigenvalue weighted by molar-refractivity contribution is -0.123. The fraction of sp³-hybridized carbons (Fsp3) is 0.417. The molecule has 2 rings (SSSR count). The number of rotatable bonds is 3. The predicted octanol–water partition coefficient (Wildman–Crippen LogP) is 1.58. The number of nitrogens with two attached hydrogens (primary N) is 1. The van der Waals surface area contributed by atoms with Gasteiger partial charge in [0, 0.05) is 12.6 Å². The van der Waals surface area contributed by atoms with Crippen LogP contribution in [0, 0.1) is 12.8 Å². The molecule has 2 unspecified atom stereocenters. The van der Waals surface area contributed by atoms with E-state index in [9.17, 15) is 4.79 Å². The van der Waals surface area contributed by atoms with Crippen LogP contribution in [0.2, 0.25) is 0 Å². The minimum absolute atomic E-state index is 0.0404. The standard InChI is InChI=1S/C12H16N2OS/c1-8-6-16-7-10(8)5-14-12(15)9-2-3-11(13)4-9/h2-3,6-7,9,11H,4-5,13H2,1H3,(H,14,15). The molecule has 2 atom stereocenters. The third-order valence-corrected chi connectivity index (χ3v) is 3.78. The number of hydrogen-bond acceptors (Lipinski definition) is 3. The van der Waals surface area contributed by atoms with Gasteiger partial charge in [0.05, 0.1) is 5.92 Å². The van der Waals surface area contributed by atoms with Crippen molar-refractivity contribution in [2.45, 2.75) is 25.9 Å². The number of amides is 1. The zero-order chi connectivity index (χ0) is 11.5. The van der Waals surface area contributed by atoms with E-state index in [2.05, 4.69) is 23.0 Å². The van der Waals surface area contributed by atoms with Gasteiger partial charge in [-0.15, -0.1) is 0 Å². The van der Waals surface area contributed by atoms with E-state index in [1.54, 1.807) is 11.3 Å². The van der Waals surface area contributed by atoms with Crippen LogP contribution >= 0.6 is 11.3 Å². The first kappa shape index (κ1) is 11.4. The van der Waals surface area contributed by atoms with Gasteiger partial charge in [-0.1, -0.05) is 12.2 Å². The second-order valence-corrected chi connectivity index (χ2v) is 4.93. The van der Waals surface area contributed by atoms with Gasteiger partial charge in [0.25, 0.3) is 0 Å². The second kappa shape index (κ2) is 4.80. The maximum absolute atomic E-state index is 11.8. The Morgan fingerprint density at radius 3 is 2.94 bits per heavy atom. The molecule has 1 amide bonds. The van der Waals surface area contributed by atoms with Crippen LogP contribution in [-0.2, 0) is 11.3 Å². The Morgan fingerprint density at radius 1 is 1.56 bits per heavy atom. The Bertz CT molecular complexity index is 411. The number of carbonyl (C=O) groups is 1. The molecular formula is C12H16N2OS. The highest BCUT2D eigenvalue weighted by atomic mass is 32.1. The molecule has 0 fully saturated rings. The molecule has 16 heavy (non-hydrogen) atoms. The Hall–Kier alpha value is -1.13. The summed E-state index contributed by atoms with van der Waals surface area (Å²) < 4.78 is 0. The van der Waals surface area contributed by atoms with Crippen molar-refractivity contribution in [3.8, 4) is 0 Å². The quantitative estimate of drug-likeness (QED) is 0.783. The molecule has 1 heterocycles. The summed E-state index contributed by atoms with van der Waals surface area (Å²) in [5.74, 6) is 0.0312. The van der Waals surface area contributed by atoms with E-state index in [1.807, 2.05) is 12.2 Å². The molecule has 1 aliphatic rings. The normalized spacial score (nSPS) is 23.6. The first-order chi connectivity index (χ1) is 7.66. The van der Waals surface area contributed by atoms with Crippen molar-refractivity contribution < 1.29 is 4.79 Å². The zero-order valence-electron chi connectivity index (χ0n) is 9.27. The first-order valence-electron chi connectivity index (χ1n) is 5.40. The lowest BCUT2D eigenvalue weighted by Crippen LogP contribution is -2.30. The minimum atomic E-state index is -0.0473. The van der Waals surface area contributed by atoms with Crippen LogP contribution in [0.4, 0.5) is 0 Å². The van der Waals surface area contributed by atoms with E-state index < -0.39 is 0 Å². The number of nitrogens with one attached hydrogen (secondary N) is 1. The molecular weight excluding hydrogens is 220 g/mol. The fourth-order valence-corrected chi connectivity index (χ4v) is 2.66. The van der Waals surface area contributed by atoms with Crippen LogP contribution in [0.1, 0.15) is 17.5 Å². The molecule has 0 aromatic carbocycles. The Morgan fingerprint density at radius 2 is 2.38 bits per heavy atom. The third kappa shape index (κ3) is 2.51. The van der Waals surface area contributed by atoms with Crippen molar-refractivity contribution in [1.29, 1.82) is 0 Å². The summed E-state index contributed by atoms with van der Waals surface area (Å²) in [6, 6.07) is 0.0404. The van der Waals surface area contributed by atoms with Crippen molar-refractivity contribution in [2.24, 2.45) is 11.7 Å². The van der Waals surface area contributed by atoms with Crippen LogP contribution in [0.15, 0.2) is 22.9 Å². The summed E-state index contributed by atoms with van der Waals surface area (Å²) in [4.78, 5) is 11.8. The Labute approximate surface area is 99.3 Å².